The second-order valence-corrected chi connectivity index (χ2v) is 29.2. The number of phosphoric acid groups is 2. The number of carbonyl (C=O) groups excluding carboxylic acids is 4. The van der Waals surface area contributed by atoms with Crippen molar-refractivity contribution in [3.63, 3.8) is 0 Å². The normalized spacial score (nSPS) is 14.2. The van der Waals surface area contributed by atoms with E-state index < -0.39 is 97.5 Å². The molecule has 0 aliphatic rings. The quantitative estimate of drug-likeness (QED) is 0.0169. The number of ether oxygens (including phenoxy) is 4. The van der Waals surface area contributed by atoms with Crippen molar-refractivity contribution < 1.29 is 80.2 Å². The van der Waals surface area contributed by atoms with Crippen molar-refractivity contribution in [1.82, 2.24) is 0 Å². The molecule has 19 heteroatoms. The van der Waals surface area contributed by atoms with Crippen LogP contribution in [0.4, 0.5) is 0 Å². The van der Waals surface area contributed by atoms with Gasteiger partial charge >= 0.3 is 39.5 Å². The summed E-state index contributed by atoms with van der Waals surface area (Å²) in [6.45, 7) is 4.86. The van der Waals surface area contributed by atoms with E-state index in [0.717, 1.165) is 154 Å². The fraction of sp³-hybridized carbons (Fsp3) is 0.844. The van der Waals surface area contributed by atoms with E-state index >= 15 is 0 Å². The van der Waals surface area contributed by atoms with Crippen LogP contribution in [0.2, 0.25) is 0 Å². The van der Waals surface area contributed by atoms with E-state index in [1.807, 2.05) is 0 Å². The average Bonchev–Trinajstić information content (AvgIpc) is 1.17. The highest BCUT2D eigenvalue weighted by Crippen LogP contribution is 2.45. The SMILES string of the molecule is CCCCCC/C=C\CCCCCCCC(=O)OC[C@H](COP(=O)(O)OC[C@H](O)COP(=O)(O)OC[C@@H](COC(=O)CCCCCCC/C=C\CCCCCCCC)OC(=O)CCCCCCC/C=C\CCCCCCCC)OC(=O)CCCCCCC/C=C\CCCCCC. The summed E-state index contributed by atoms with van der Waals surface area (Å²) in [6.07, 6.45) is 66.6. The van der Waals surface area contributed by atoms with Gasteiger partial charge in [-0.25, -0.2) is 9.13 Å². The van der Waals surface area contributed by atoms with E-state index in [-0.39, 0.29) is 25.7 Å². The fourth-order valence-corrected chi connectivity index (χ4v) is 12.3. The zero-order valence-corrected chi connectivity index (χ0v) is 63.1. The Labute approximate surface area is 585 Å². The minimum Gasteiger partial charge on any atom is -0.462 e. The first-order chi connectivity index (χ1) is 46.7. The summed E-state index contributed by atoms with van der Waals surface area (Å²) in [5, 5.41) is 10.6. The van der Waals surface area contributed by atoms with Crippen molar-refractivity contribution >= 4 is 39.5 Å². The van der Waals surface area contributed by atoms with Crippen LogP contribution in [0, 0.1) is 0 Å². The van der Waals surface area contributed by atoms with E-state index in [0.29, 0.717) is 25.7 Å². The second-order valence-electron chi connectivity index (χ2n) is 26.3. The molecule has 0 aliphatic carbocycles. The lowest BCUT2D eigenvalue weighted by atomic mass is 10.1. The second kappa shape index (κ2) is 70.5. The third-order valence-electron chi connectivity index (χ3n) is 16.7. The molecule has 0 aromatic heterocycles. The van der Waals surface area contributed by atoms with Gasteiger partial charge in [0.1, 0.15) is 19.3 Å². The number of aliphatic hydroxyl groups is 1. The standard InChI is InChI=1S/C77H142O17P2/c1-5-9-13-17-21-25-29-33-35-39-42-46-50-54-58-62-75(80)88-68-73(94-77(82)64-60-56-52-48-44-40-36-34-30-26-22-18-14-10-6-2)70-92-96(85,86)90-66-71(78)65-89-95(83,84)91-69-72(93-76(81)63-59-55-51-47-43-38-32-28-24-20-16-12-8-4)67-87-74(79)61-57-53-49-45-41-37-31-27-23-19-15-11-7-3/h27-28,31-36,71-73,78H,5-26,29-30,37-70H2,1-4H3,(H,83,84)(H,85,86)/b31-27-,32-28-,35-33-,36-34-/t71-,72+,73+/m0/s1. The topological polar surface area (TPSA) is 237 Å². The van der Waals surface area contributed by atoms with E-state index in [9.17, 15) is 43.2 Å². The molecule has 0 spiro atoms. The molecular weight excluding hydrogens is 1260 g/mol. The van der Waals surface area contributed by atoms with Crippen molar-refractivity contribution in [2.24, 2.45) is 0 Å². The first-order valence-corrected chi connectivity index (χ1v) is 41.9. The lowest BCUT2D eigenvalue weighted by molar-refractivity contribution is -0.161. The number of allylic oxidation sites excluding steroid dienone is 8. The van der Waals surface area contributed by atoms with Crippen molar-refractivity contribution in [3.05, 3.63) is 48.6 Å². The van der Waals surface area contributed by atoms with Gasteiger partial charge in [-0.3, -0.25) is 37.3 Å². The molecular formula is C77H142O17P2. The Balaban J connectivity index is 5.33. The maximum Gasteiger partial charge on any atom is 0.472 e. The Morgan fingerprint density at radius 3 is 0.729 bits per heavy atom. The van der Waals surface area contributed by atoms with Gasteiger partial charge in [0.05, 0.1) is 26.4 Å². The summed E-state index contributed by atoms with van der Waals surface area (Å²) < 4.78 is 68.5. The maximum absolute atomic E-state index is 13.1. The van der Waals surface area contributed by atoms with Crippen molar-refractivity contribution in [2.45, 2.75) is 380 Å². The molecule has 0 aliphatic heterocycles. The molecule has 0 aromatic carbocycles. The highest BCUT2D eigenvalue weighted by Gasteiger charge is 2.30. The molecule has 0 heterocycles. The van der Waals surface area contributed by atoms with Crippen LogP contribution >= 0.6 is 15.6 Å². The molecule has 0 radical (unpaired) electrons. The molecule has 0 amide bonds. The van der Waals surface area contributed by atoms with Crippen LogP contribution in [0.1, 0.15) is 362 Å². The Morgan fingerprint density at radius 2 is 0.479 bits per heavy atom. The number of aliphatic hydroxyl groups excluding tert-OH is 1. The lowest BCUT2D eigenvalue weighted by Gasteiger charge is -2.21. The predicted molar refractivity (Wildman–Crippen MR) is 390 cm³/mol. The van der Waals surface area contributed by atoms with Gasteiger partial charge < -0.3 is 33.8 Å². The third kappa shape index (κ3) is 69.5. The highest BCUT2D eigenvalue weighted by molar-refractivity contribution is 7.47. The molecule has 0 aromatic rings. The van der Waals surface area contributed by atoms with E-state index in [1.165, 1.54) is 128 Å². The van der Waals surface area contributed by atoms with Crippen LogP contribution in [0.15, 0.2) is 48.6 Å². The van der Waals surface area contributed by atoms with Crippen LogP contribution in [0.5, 0.6) is 0 Å². The molecule has 96 heavy (non-hydrogen) atoms. The maximum atomic E-state index is 13.1. The van der Waals surface area contributed by atoms with E-state index in [2.05, 4.69) is 76.3 Å². The Hall–Kier alpha value is -2.98. The van der Waals surface area contributed by atoms with Gasteiger partial charge in [-0.05, 0) is 128 Å². The summed E-state index contributed by atoms with van der Waals surface area (Å²) in [7, 11) is -9.94. The number of hydrogen-bond acceptors (Lipinski definition) is 15. The number of rotatable bonds is 74. The summed E-state index contributed by atoms with van der Waals surface area (Å²) in [5.41, 5.74) is 0. The van der Waals surface area contributed by atoms with Gasteiger partial charge in [0.25, 0.3) is 0 Å². The molecule has 5 atom stereocenters. The zero-order valence-electron chi connectivity index (χ0n) is 61.3. The summed E-state index contributed by atoms with van der Waals surface area (Å²) in [6, 6.07) is 0. The minimum atomic E-state index is -4.97. The Morgan fingerprint density at radius 1 is 0.281 bits per heavy atom. The molecule has 2 unspecified atom stereocenters. The first-order valence-electron chi connectivity index (χ1n) is 38.9. The Kier molecular flexibility index (Phi) is 68.3. The number of esters is 4. The molecule has 0 rings (SSSR count). The zero-order chi connectivity index (χ0) is 70.4. The van der Waals surface area contributed by atoms with Gasteiger partial charge in [-0.15, -0.1) is 0 Å². The number of hydrogen-bond donors (Lipinski definition) is 3. The van der Waals surface area contributed by atoms with Gasteiger partial charge in [0.2, 0.25) is 0 Å². The molecule has 17 nitrogen and oxygen atoms in total. The monoisotopic (exact) mass is 1400 g/mol. The van der Waals surface area contributed by atoms with Gasteiger partial charge in [0, 0.05) is 25.7 Å². The van der Waals surface area contributed by atoms with E-state index in [1.54, 1.807) is 0 Å². The van der Waals surface area contributed by atoms with Crippen molar-refractivity contribution in [2.75, 3.05) is 39.6 Å². The first kappa shape index (κ1) is 93.0. The molecule has 562 valence electrons. The molecule has 0 saturated carbocycles. The van der Waals surface area contributed by atoms with Crippen LogP contribution < -0.4 is 0 Å². The average molecular weight is 1400 g/mol. The Bertz CT molecular complexity index is 2010. The van der Waals surface area contributed by atoms with Gasteiger partial charge in [0.15, 0.2) is 12.2 Å². The molecule has 0 bridgehead atoms. The molecule has 3 N–H and O–H groups in total. The number of phosphoric ester groups is 2. The third-order valence-corrected chi connectivity index (χ3v) is 18.6. The summed E-state index contributed by atoms with van der Waals surface area (Å²) in [4.78, 5) is 72.8. The highest BCUT2D eigenvalue weighted by atomic mass is 31.2. The van der Waals surface area contributed by atoms with Crippen molar-refractivity contribution in [1.29, 1.82) is 0 Å². The largest absolute Gasteiger partial charge is 0.472 e. The van der Waals surface area contributed by atoms with Gasteiger partial charge in [-0.1, -0.05) is 256 Å². The number of carbonyl (C=O) groups is 4. The van der Waals surface area contributed by atoms with Crippen LogP contribution in [-0.4, -0.2) is 96.7 Å². The van der Waals surface area contributed by atoms with Gasteiger partial charge in [-0.2, -0.15) is 0 Å². The fourth-order valence-electron chi connectivity index (χ4n) is 10.7. The molecule has 0 saturated heterocycles. The molecule has 0 fully saturated rings. The number of unbranched alkanes of at least 4 members (excludes halogenated alkanes) is 40. The predicted octanol–water partition coefficient (Wildman–Crippen LogP) is 22.1. The summed E-state index contributed by atoms with van der Waals surface area (Å²) >= 11 is 0. The van der Waals surface area contributed by atoms with Crippen molar-refractivity contribution in [3.8, 4) is 0 Å². The van der Waals surface area contributed by atoms with Crippen LogP contribution in [0.3, 0.4) is 0 Å². The smallest absolute Gasteiger partial charge is 0.462 e. The van der Waals surface area contributed by atoms with Crippen LogP contribution in [-0.2, 0) is 65.4 Å². The minimum absolute atomic E-state index is 0.0877. The van der Waals surface area contributed by atoms with Crippen LogP contribution in [0.25, 0.3) is 0 Å². The van der Waals surface area contributed by atoms with E-state index in [4.69, 9.17) is 37.0 Å². The lowest BCUT2D eigenvalue weighted by Crippen LogP contribution is -2.30. The summed E-state index contributed by atoms with van der Waals surface area (Å²) in [5.74, 6) is -2.18.